The first-order valence-electron chi connectivity index (χ1n) is 6.03. The van der Waals surface area contributed by atoms with Crippen LogP contribution in [0, 0.1) is 0 Å². The molecule has 0 amide bonds. The van der Waals surface area contributed by atoms with E-state index >= 15 is 0 Å². The van der Waals surface area contributed by atoms with Gasteiger partial charge >= 0.3 is 5.97 Å². The van der Waals surface area contributed by atoms with E-state index in [2.05, 4.69) is 29.4 Å². The molecule has 0 aliphatic rings. The maximum atomic E-state index is 10.7. The number of hydrogen-bond acceptors (Lipinski definition) is 4. The van der Waals surface area contributed by atoms with Gasteiger partial charge in [0.1, 0.15) is 5.76 Å². The number of aromatic nitrogens is 1. The number of nitrogens with zero attached hydrogens (tertiary/aromatic N) is 1. The van der Waals surface area contributed by atoms with Gasteiger partial charge in [-0.1, -0.05) is 35.5 Å². The molecule has 4 nitrogen and oxygen atoms in total. The standard InChI is InChI=1S/C15H11NO3S/c17-15(18)14-8-12(19-16-14)9-20-13-6-5-10-3-1-2-4-11(10)7-13/h1-8H,9H2,(H,17,18). The number of fused-ring (bicyclic) bond motifs is 1. The number of aromatic carboxylic acids is 1. The van der Waals surface area contributed by atoms with Gasteiger partial charge in [0.25, 0.3) is 0 Å². The normalized spacial score (nSPS) is 10.8. The highest BCUT2D eigenvalue weighted by Gasteiger charge is 2.10. The molecule has 0 saturated carbocycles. The van der Waals surface area contributed by atoms with Crippen LogP contribution >= 0.6 is 11.8 Å². The number of rotatable bonds is 4. The molecule has 1 aromatic heterocycles. The van der Waals surface area contributed by atoms with E-state index in [0.29, 0.717) is 11.5 Å². The Bertz CT molecular complexity index is 766. The highest BCUT2D eigenvalue weighted by Crippen LogP contribution is 2.26. The maximum absolute atomic E-state index is 10.7. The van der Waals surface area contributed by atoms with Gasteiger partial charge < -0.3 is 9.63 Å². The maximum Gasteiger partial charge on any atom is 0.358 e. The Morgan fingerprint density at radius 3 is 2.70 bits per heavy atom. The fourth-order valence-corrected chi connectivity index (χ4v) is 2.71. The predicted molar refractivity (Wildman–Crippen MR) is 77.0 cm³/mol. The lowest BCUT2D eigenvalue weighted by Crippen LogP contribution is -1.94. The number of thioether (sulfide) groups is 1. The quantitative estimate of drug-likeness (QED) is 0.738. The zero-order chi connectivity index (χ0) is 13.9. The van der Waals surface area contributed by atoms with E-state index in [1.54, 1.807) is 11.8 Å². The van der Waals surface area contributed by atoms with Crippen LogP contribution in [0.5, 0.6) is 0 Å². The first-order chi connectivity index (χ1) is 9.72. The summed E-state index contributed by atoms with van der Waals surface area (Å²) in [6.07, 6.45) is 0. The Hall–Kier alpha value is -2.27. The second-order valence-corrected chi connectivity index (χ2v) is 5.33. The summed E-state index contributed by atoms with van der Waals surface area (Å²) in [7, 11) is 0. The summed E-state index contributed by atoms with van der Waals surface area (Å²) in [6.45, 7) is 0. The molecule has 0 aliphatic carbocycles. The Labute approximate surface area is 119 Å². The molecule has 0 fully saturated rings. The molecule has 0 spiro atoms. The molecule has 1 heterocycles. The van der Waals surface area contributed by atoms with Crippen molar-refractivity contribution >= 4 is 28.5 Å². The first kappa shape index (κ1) is 12.7. The van der Waals surface area contributed by atoms with Gasteiger partial charge in [0, 0.05) is 11.0 Å². The number of benzene rings is 2. The summed E-state index contributed by atoms with van der Waals surface area (Å²) in [6, 6.07) is 15.8. The average Bonchev–Trinajstić information content (AvgIpc) is 2.94. The van der Waals surface area contributed by atoms with E-state index in [0.717, 1.165) is 4.90 Å². The van der Waals surface area contributed by atoms with Crippen LogP contribution in [-0.4, -0.2) is 16.2 Å². The fraction of sp³-hybridized carbons (Fsp3) is 0.0667. The Kier molecular flexibility index (Phi) is 3.43. The minimum atomic E-state index is -1.07. The van der Waals surface area contributed by atoms with Crippen LogP contribution < -0.4 is 0 Å². The van der Waals surface area contributed by atoms with E-state index in [4.69, 9.17) is 9.63 Å². The summed E-state index contributed by atoms with van der Waals surface area (Å²) in [5, 5.41) is 14.6. The minimum Gasteiger partial charge on any atom is -0.476 e. The van der Waals surface area contributed by atoms with Crippen LogP contribution in [0.1, 0.15) is 16.2 Å². The number of hydrogen-bond donors (Lipinski definition) is 1. The van der Waals surface area contributed by atoms with Crippen LogP contribution in [0.15, 0.2) is 57.9 Å². The van der Waals surface area contributed by atoms with Gasteiger partial charge in [-0.2, -0.15) is 0 Å². The van der Waals surface area contributed by atoms with Gasteiger partial charge in [-0.3, -0.25) is 0 Å². The second kappa shape index (κ2) is 5.38. The fourth-order valence-electron chi connectivity index (χ4n) is 1.89. The van der Waals surface area contributed by atoms with Gasteiger partial charge in [0.05, 0.1) is 5.75 Å². The molecular formula is C15H11NO3S. The Morgan fingerprint density at radius 2 is 1.95 bits per heavy atom. The number of carboxylic acid groups (broad SMARTS) is 1. The molecule has 100 valence electrons. The van der Waals surface area contributed by atoms with Crippen molar-refractivity contribution in [3.8, 4) is 0 Å². The van der Waals surface area contributed by atoms with Gasteiger partial charge in [-0.05, 0) is 22.9 Å². The molecule has 0 radical (unpaired) electrons. The average molecular weight is 285 g/mol. The summed E-state index contributed by atoms with van der Waals surface area (Å²) < 4.78 is 4.98. The molecule has 3 aromatic rings. The van der Waals surface area contributed by atoms with Crippen molar-refractivity contribution in [2.75, 3.05) is 0 Å². The summed E-state index contributed by atoms with van der Waals surface area (Å²) >= 11 is 1.59. The summed E-state index contributed by atoms with van der Waals surface area (Å²) in [5.41, 5.74) is -0.0564. The lowest BCUT2D eigenvalue weighted by atomic mass is 10.1. The molecule has 0 atom stereocenters. The monoisotopic (exact) mass is 285 g/mol. The van der Waals surface area contributed by atoms with Crippen molar-refractivity contribution in [3.05, 3.63) is 60.0 Å². The third-order valence-electron chi connectivity index (χ3n) is 2.88. The van der Waals surface area contributed by atoms with E-state index in [9.17, 15) is 4.79 Å². The van der Waals surface area contributed by atoms with Crippen molar-refractivity contribution in [3.63, 3.8) is 0 Å². The van der Waals surface area contributed by atoms with Gasteiger partial charge in [-0.25, -0.2) is 4.79 Å². The molecule has 1 N–H and O–H groups in total. The lowest BCUT2D eigenvalue weighted by molar-refractivity contribution is 0.0685. The minimum absolute atomic E-state index is 0.0564. The van der Waals surface area contributed by atoms with Crippen LogP contribution in [-0.2, 0) is 5.75 Å². The van der Waals surface area contributed by atoms with E-state index in [1.165, 1.54) is 16.8 Å². The third kappa shape index (κ3) is 2.67. The molecule has 0 bridgehead atoms. The van der Waals surface area contributed by atoms with Crippen molar-refractivity contribution in [1.29, 1.82) is 0 Å². The van der Waals surface area contributed by atoms with Crippen molar-refractivity contribution in [1.82, 2.24) is 5.16 Å². The van der Waals surface area contributed by atoms with Gasteiger partial charge in [-0.15, -0.1) is 11.8 Å². The van der Waals surface area contributed by atoms with Gasteiger partial charge in [0.2, 0.25) is 0 Å². The smallest absolute Gasteiger partial charge is 0.358 e. The van der Waals surface area contributed by atoms with E-state index < -0.39 is 5.97 Å². The third-order valence-corrected chi connectivity index (χ3v) is 3.90. The zero-order valence-electron chi connectivity index (χ0n) is 10.4. The van der Waals surface area contributed by atoms with E-state index in [1.807, 2.05) is 18.2 Å². The predicted octanol–water partition coefficient (Wildman–Crippen LogP) is 3.82. The van der Waals surface area contributed by atoms with Crippen LogP contribution in [0.2, 0.25) is 0 Å². The molecule has 0 unspecified atom stereocenters. The highest BCUT2D eigenvalue weighted by atomic mass is 32.2. The SMILES string of the molecule is O=C(O)c1cc(CSc2ccc3ccccc3c2)on1. The topological polar surface area (TPSA) is 63.3 Å². The second-order valence-electron chi connectivity index (χ2n) is 4.28. The molecule has 3 rings (SSSR count). The molecular weight excluding hydrogens is 274 g/mol. The molecule has 20 heavy (non-hydrogen) atoms. The summed E-state index contributed by atoms with van der Waals surface area (Å²) in [4.78, 5) is 11.8. The van der Waals surface area contributed by atoms with E-state index in [-0.39, 0.29) is 5.69 Å². The summed E-state index contributed by atoms with van der Waals surface area (Å²) in [5.74, 6) is 0.0368. The van der Waals surface area contributed by atoms with Crippen LogP contribution in [0.3, 0.4) is 0 Å². The van der Waals surface area contributed by atoms with Crippen molar-refractivity contribution in [2.45, 2.75) is 10.6 Å². The highest BCUT2D eigenvalue weighted by molar-refractivity contribution is 7.98. The number of carbonyl (C=O) groups is 1. The molecule has 2 aromatic carbocycles. The van der Waals surface area contributed by atoms with Gasteiger partial charge in [0.15, 0.2) is 5.69 Å². The first-order valence-corrected chi connectivity index (χ1v) is 7.01. The van der Waals surface area contributed by atoms with Crippen LogP contribution in [0.4, 0.5) is 0 Å². The largest absolute Gasteiger partial charge is 0.476 e. The van der Waals surface area contributed by atoms with Crippen molar-refractivity contribution < 1.29 is 14.4 Å². The molecule has 0 aliphatic heterocycles. The van der Waals surface area contributed by atoms with Crippen molar-refractivity contribution in [2.24, 2.45) is 0 Å². The Balaban J connectivity index is 1.74. The zero-order valence-corrected chi connectivity index (χ0v) is 11.3. The lowest BCUT2D eigenvalue weighted by Gasteiger charge is -2.02. The molecule has 5 heteroatoms. The molecule has 0 saturated heterocycles. The Morgan fingerprint density at radius 1 is 1.15 bits per heavy atom. The van der Waals surface area contributed by atoms with Crippen LogP contribution in [0.25, 0.3) is 10.8 Å². The number of carboxylic acids is 1.